The van der Waals surface area contributed by atoms with E-state index in [4.69, 9.17) is 0 Å². The summed E-state index contributed by atoms with van der Waals surface area (Å²) < 4.78 is 40.7. The van der Waals surface area contributed by atoms with E-state index < -0.39 is 30.0 Å². The van der Waals surface area contributed by atoms with Gasteiger partial charge in [-0.15, -0.1) is 13.2 Å². The lowest BCUT2D eigenvalue weighted by Gasteiger charge is -2.32. The van der Waals surface area contributed by atoms with Crippen molar-refractivity contribution in [1.82, 2.24) is 9.88 Å². The van der Waals surface area contributed by atoms with E-state index in [9.17, 15) is 27.9 Å². The lowest BCUT2D eigenvalue weighted by Crippen LogP contribution is -2.48. The van der Waals surface area contributed by atoms with Gasteiger partial charge in [0.2, 0.25) is 0 Å². The zero-order valence-electron chi connectivity index (χ0n) is 13.0. The zero-order chi connectivity index (χ0) is 18.2. The highest BCUT2D eigenvalue weighted by molar-refractivity contribution is 5.99. The van der Waals surface area contributed by atoms with Crippen LogP contribution in [0.5, 0.6) is 5.75 Å². The number of nitrogens with zero attached hydrogens (tertiary/aromatic N) is 1. The number of hydrogen-bond acceptors (Lipinski definition) is 3. The van der Waals surface area contributed by atoms with Crippen LogP contribution in [-0.4, -0.2) is 45.8 Å². The lowest BCUT2D eigenvalue weighted by atomic mass is 10.0. The van der Waals surface area contributed by atoms with E-state index in [1.54, 1.807) is 0 Å². The summed E-state index contributed by atoms with van der Waals surface area (Å²) in [7, 11) is 0. The molecule has 1 atom stereocenters. The second-order valence-corrected chi connectivity index (χ2v) is 5.83. The number of aliphatic carboxylic acids is 1. The smallest absolute Gasteiger partial charge is 0.480 e. The fourth-order valence-electron chi connectivity index (χ4n) is 3.00. The van der Waals surface area contributed by atoms with Crippen LogP contribution >= 0.6 is 0 Å². The summed E-state index contributed by atoms with van der Waals surface area (Å²) in [5.41, 5.74) is 0.432. The molecule has 2 heterocycles. The molecule has 0 radical (unpaired) electrons. The van der Waals surface area contributed by atoms with Crippen LogP contribution in [0.15, 0.2) is 24.3 Å². The Balaban J connectivity index is 1.88. The maximum absolute atomic E-state index is 12.6. The maximum atomic E-state index is 12.6. The number of carboxylic acids is 1. The first kappa shape index (κ1) is 17.1. The summed E-state index contributed by atoms with van der Waals surface area (Å²) in [6, 6.07) is 4.29. The minimum atomic E-state index is -4.80. The molecule has 134 valence electrons. The Bertz CT molecular complexity index is 815. The van der Waals surface area contributed by atoms with Crippen molar-refractivity contribution in [1.29, 1.82) is 0 Å². The van der Waals surface area contributed by atoms with Gasteiger partial charge in [0.1, 0.15) is 17.5 Å². The van der Waals surface area contributed by atoms with Crippen LogP contribution in [0.1, 0.15) is 29.8 Å². The van der Waals surface area contributed by atoms with Crippen molar-refractivity contribution in [2.24, 2.45) is 0 Å². The molecule has 1 aromatic heterocycles. The number of rotatable bonds is 3. The van der Waals surface area contributed by atoms with Gasteiger partial charge in [0, 0.05) is 23.5 Å². The van der Waals surface area contributed by atoms with Gasteiger partial charge >= 0.3 is 12.3 Å². The number of hydrogen-bond donors (Lipinski definition) is 2. The number of carboxylic acid groups (broad SMARTS) is 1. The third-order valence-corrected chi connectivity index (χ3v) is 4.11. The van der Waals surface area contributed by atoms with Crippen molar-refractivity contribution in [2.75, 3.05) is 6.54 Å². The average molecular weight is 356 g/mol. The molecule has 0 bridgehead atoms. The number of fused-ring (bicyclic) bond motifs is 1. The number of likely N-dealkylation sites (tertiary alicyclic amines) is 1. The number of alkyl halides is 3. The summed E-state index contributed by atoms with van der Waals surface area (Å²) >= 11 is 0. The number of H-pyrrole nitrogens is 1. The number of ether oxygens (including phenoxy) is 1. The molecular formula is C16H15F3N2O4. The second kappa shape index (κ2) is 6.30. The Morgan fingerprint density at radius 3 is 2.68 bits per heavy atom. The number of halogens is 3. The molecule has 1 fully saturated rings. The molecular weight excluding hydrogens is 341 g/mol. The van der Waals surface area contributed by atoms with Crippen molar-refractivity contribution < 1.29 is 32.6 Å². The Kier molecular flexibility index (Phi) is 4.32. The van der Waals surface area contributed by atoms with Gasteiger partial charge in [-0.05, 0) is 37.5 Å². The van der Waals surface area contributed by atoms with Gasteiger partial charge in [-0.1, -0.05) is 0 Å². The van der Waals surface area contributed by atoms with Crippen molar-refractivity contribution in [2.45, 2.75) is 31.7 Å². The molecule has 1 saturated heterocycles. The molecule has 3 rings (SSSR count). The van der Waals surface area contributed by atoms with E-state index in [1.165, 1.54) is 17.0 Å². The first-order valence-electron chi connectivity index (χ1n) is 7.67. The monoisotopic (exact) mass is 356 g/mol. The van der Waals surface area contributed by atoms with E-state index in [0.717, 1.165) is 18.6 Å². The summed E-state index contributed by atoms with van der Waals surface area (Å²) in [6.45, 7) is 0.327. The van der Waals surface area contributed by atoms with Crippen LogP contribution in [-0.2, 0) is 4.79 Å². The Hall–Kier alpha value is -2.71. The predicted molar refractivity (Wildman–Crippen MR) is 81.3 cm³/mol. The highest BCUT2D eigenvalue weighted by atomic mass is 19.4. The van der Waals surface area contributed by atoms with Crippen molar-refractivity contribution in [3.8, 4) is 5.75 Å². The number of amides is 1. The number of nitrogens with one attached hydrogen (secondary N) is 1. The third-order valence-electron chi connectivity index (χ3n) is 4.11. The fourth-order valence-corrected chi connectivity index (χ4v) is 3.00. The average Bonchev–Trinajstić information content (AvgIpc) is 2.95. The van der Waals surface area contributed by atoms with E-state index >= 15 is 0 Å². The normalized spacial score (nSPS) is 18.4. The lowest BCUT2D eigenvalue weighted by molar-refractivity contribution is -0.274. The summed E-state index contributed by atoms with van der Waals surface area (Å²) in [6.07, 6.45) is -2.99. The largest absolute Gasteiger partial charge is 0.573 e. The van der Waals surface area contributed by atoms with Crippen LogP contribution in [0.4, 0.5) is 13.2 Å². The summed E-state index contributed by atoms with van der Waals surface area (Å²) in [4.78, 5) is 28.0. The molecule has 1 aliphatic heterocycles. The first-order chi connectivity index (χ1) is 11.7. The van der Waals surface area contributed by atoms with Gasteiger partial charge in [-0.25, -0.2) is 4.79 Å². The quantitative estimate of drug-likeness (QED) is 0.885. The van der Waals surface area contributed by atoms with Crippen LogP contribution in [0.3, 0.4) is 0 Å². The highest BCUT2D eigenvalue weighted by Crippen LogP contribution is 2.28. The minimum Gasteiger partial charge on any atom is -0.480 e. The maximum Gasteiger partial charge on any atom is 0.573 e. The Labute approximate surface area is 140 Å². The second-order valence-electron chi connectivity index (χ2n) is 5.83. The molecule has 25 heavy (non-hydrogen) atoms. The van der Waals surface area contributed by atoms with E-state index in [2.05, 4.69) is 9.72 Å². The van der Waals surface area contributed by atoms with Crippen LogP contribution in [0, 0.1) is 0 Å². The van der Waals surface area contributed by atoms with Gasteiger partial charge in [0.05, 0.1) is 0 Å². The summed E-state index contributed by atoms with van der Waals surface area (Å²) in [5.74, 6) is -1.95. The molecule has 6 nitrogen and oxygen atoms in total. The molecule has 9 heteroatoms. The number of benzene rings is 1. The molecule has 2 aromatic rings. The highest BCUT2D eigenvalue weighted by Gasteiger charge is 2.33. The Morgan fingerprint density at radius 1 is 1.24 bits per heavy atom. The van der Waals surface area contributed by atoms with Gasteiger partial charge in [0.25, 0.3) is 5.91 Å². The number of carbonyl (C=O) groups excluding carboxylic acids is 1. The van der Waals surface area contributed by atoms with Gasteiger partial charge in [0.15, 0.2) is 0 Å². The fraction of sp³-hybridized carbons (Fsp3) is 0.375. The molecule has 2 N–H and O–H groups in total. The van der Waals surface area contributed by atoms with Gasteiger partial charge in [-0.3, -0.25) is 4.79 Å². The van der Waals surface area contributed by atoms with Crippen LogP contribution in [0.25, 0.3) is 10.9 Å². The van der Waals surface area contributed by atoms with E-state index in [-0.39, 0.29) is 5.69 Å². The van der Waals surface area contributed by atoms with Gasteiger partial charge in [-0.2, -0.15) is 0 Å². The number of aromatic amines is 1. The molecule has 1 unspecified atom stereocenters. The van der Waals surface area contributed by atoms with Crippen molar-refractivity contribution in [3.05, 3.63) is 30.0 Å². The molecule has 0 saturated carbocycles. The molecule has 1 aromatic carbocycles. The Morgan fingerprint density at radius 2 is 2.00 bits per heavy atom. The molecule has 1 amide bonds. The first-order valence-corrected chi connectivity index (χ1v) is 7.67. The number of carbonyl (C=O) groups is 2. The summed E-state index contributed by atoms with van der Waals surface area (Å²) in [5, 5.41) is 9.79. The standard InChI is InChI=1S/C16H15F3N2O4/c17-16(18,19)25-10-5-4-9-7-12(20-11(9)8-10)14(22)21-6-2-1-3-13(21)15(23)24/h4-5,7-8,13,20H,1-3,6H2,(H,23,24). The topological polar surface area (TPSA) is 82.6 Å². The third kappa shape index (κ3) is 3.70. The minimum absolute atomic E-state index is 0.132. The molecule has 0 spiro atoms. The SMILES string of the molecule is O=C(O)C1CCCCN1C(=O)c1cc2ccc(OC(F)(F)F)cc2[nH]1. The van der Waals surface area contributed by atoms with Crippen molar-refractivity contribution in [3.63, 3.8) is 0 Å². The van der Waals surface area contributed by atoms with Crippen LogP contribution < -0.4 is 4.74 Å². The van der Waals surface area contributed by atoms with Crippen LogP contribution in [0.2, 0.25) is 0 Å². The van der Waals surface area contributed by atoms with Crippen molar-refractivity contribution >= 4 is 22.8 Å². The van der Waals surface area contributed by atoms with E-state index in [0.29, 0.717) is 30.3 Å². The molecule has 0 aliphatic carbocycles. The predicted octanol–water partition coefficient (Wildman–Crippen LogP) is 3.15. The van der Waals surface area contributed by atoms with E-state index in [1.807, 2.05) is 0 Å². The zero-order valence-corrected chi connectivity index (χ0v) is 13.0. The number of piperidine rings is 1. The molecule has 1 aliphatic rings. The van der Waals surface area contributed by atoms with Gasteiger partial charge < -0.3 is 19.7 Å². The number of aromatic nitrogens is 1.